The number of imidazole rings is 1. The fourth-order valence-electron chi connectivity index (χ4n) is 3.51. The number of guanidine groups is 1. The number of aromatic nitrogens is 2. The Kier molecular flexibility index (Phi) is 8.01. The van der Waals surface area contributed by atoms with E-state index < -0.39 is 11.9 Å². The predicted molar refractivity (Wildman–Crippen MR) is 142 cm³/mol. The molecule has 4 aromatic rings. The van der Waals surface area contributed by atoms with E-state index in [0.29, 0.717) is 27.7 Å². The predicted octanol–water partition coefficient (Wildman–Crippen LogP) is 6.01. The van der Waals surface area contributed by atoms with E-state index in [4.69, 9.17) is 28.2 Å². The smallest absolute Gasteiger partial charge is 0.258 e. The third-order valence-corrected chi connectivity index (χ3v) is 5.91. The van der Waals surface area contributed by atoms with Gasteiger partial charge in [-0.15, -0.1) is 0 Å². The van der Waals surface area contributed by atoms with Crippen molar-refractivity contribution in [1.82, 2.24) is 14.9 Å². The summed E-state index contributed by atoms with van der Waals surface area (Å²) in [5.41, 5.74) is 3.30. The summed E-state index contributed by atoms with van der Waals surface area (Å²) in [5.74, 6) is -0.184. The Morgan fingerprint density at radius 3 is 2.64 bits per heavy atom. The second kappa shape index (κ2) is 11.5. The zero-order chi connectivity index (χ0) is 25.5. The molecule has 2 N–H and O–H groups in total. The van der Waals surface area contributed by atoms with Gasteiger partial charge in [-0.3, -0.25) is 10.1 Å². The van der Waals surface area contributed by atoms with Crippen LogP contribution in [0.1, 0.15) is 33.1 Å². The van der Waals surface area contributed by atoms with Crippen LogP contribution in [-0.4, -0.2) is 21.4 Å². The maximum absolute atomic E-state index is 13.1. The van der Waals surface area contributed by atoms with Crippen LogP contribution in [0, 0.1) is 18.3 Å². The van der Waals surface area contributed by atoms with Crippen LogP contribution in [0.4, 0.5) is 5.69 Å². The van der Waals surface area contributed by atoms with Gasteiger partial charge in [0, 0.05) is 33.7 Å². The number of aliphatic imine (C=N–C) groups is 1. The fourth-order valence-corrected chi connectivity index (χ4v) is 4.04. The van der Waals surface area contributed by atoms with Crippen molar-refractivity contribution >= 4 is 40.8 Å². The molecule has 7 nitrogen and oxygen atoms in total. The highest BCUT2D eigenvalue weighted by Crippen LogP contribution is 2.30. The summed E-state index contributed by atoms with van der Waals surface area (Å²) in [4.78, 5) is 22.1. The normalized spacial score (nSPS) is 12.0. The summed E-state index contributed by atoms with van der Waals surface area (Å²) in [7, 11) is 0. The highest BCUT2D eigenvalue weighted by Gasteiger charge is 2.18. The summed E-state index contributed by atoms with van der Waals surface area (Å²) >= 11 is 12.7. The van der Waals surface area contributed by atoms with E-state index in [1.165, 1.54) is 6.07 Å². The summed E-state index contributed by atoms with van der Waals surface area (Å²) in [5, 5.41) is 16.2. The van der Waals surface area contributed by atoms with Gasteiger partial charge >= 0.3 is 0 Å². The molecule has 9 heteroatoms. The minimum atomic E-state index is -0.484. The van der Waals surface area contributed by atoms with Crippen molar-refractivity contribution in [2.24, 2.45) is 4.99 Å². The van der Waals surface area contributed by atoms with Crippen LogP contribution in [0.3, 0.4) is 0 Å². The van der Waals surface area contributed by atoms with Crippen LogP contribution in [0.5, 0.6) is 0 Å². The molecular weight excluding hydrogens is 495 g/mol. The second-order valence-corrected chi connectivity index (χ2v) is 8.90. The van der Waals surface area contributed by atoms with E-state index in [-0.39, 0.29) is 5.96 Å². The Hall–Kier alpha value is -4.12. The van der Waals surface area contributed by atoms with Gasteiger partial charge in [-0.2, -0.15) is 5.26 Å². The quantitative estimate of drug-likeness (QED) is 0.242. The summed E-state index contributed by atoms with van der Waals surface area (Å²) in [6, 6.07) is 21.0. The Morgan fingerprint density at radius 2 is 1.94 bits per heavy atom. The molecule has 0 aliphatic carbocycles. The zero-order valence-electron chi connectivity index (χ0n) is 19.3. The van der Waals surface area contributed by atoms with E-state index >= 15 is 0 Å². The van der Waals surface area contributed by atoms with Crippen molar-refractivity contribution in [2.75, 3.05) is 5.32 Å². The van der Waals surface area contributed by atoms with Crippen molar-refractivity contribution in [3.63, 3.8) is 0 Å². The van der Waals surface area contributed by atoms with E-state index in [2.05, 4.69) is 15.6 Å². The van der Waals surface area contributed by atoms with Gasteiger partial charge in [-0.05, 0) is 55.0 Å². The van der Waals surface area contributed by atoms with Crippen LogP contribution in [-0.2, 0) is 6.54 Å². The van der Waals surface area contributed by atoms with Gasteiger partial charge in [0.05, 0.1) is 30.5 Å². The number of nitrogens with one attached hydrogen (secondary N) is 2. The molecule has 36 heavy (non-hydrogen) atoms. The number of hydrogen-bond acceptors (Lipinski definition) is 4. The molecule has 0 fully saturated rings. The lowest BCUT2D eigenvalue weighted by Crippen LogP contribution is -2.36. The fraction of sp³-hybridized carbons (Fsp3) is 0.111. The molecule has 0 saturated heterocycles. The van der Waals surface area contributed by atoms with E-state index in [0.717, 1.165) is 16.8 Å². The van der Waals surface area contributed by atoms with Gasteiger partial charge in [0.15, 0.2) is 0 Å². The monoisotopic (exact) mass is 516 g/mol. The van der Waals surface area contributed by atoms with Gasteiger partial charge in [-0.1, -0.05) is 53.0 Å². The minimum Gasteiger partial charge on any atom is -0.335 e. The molecule has 0 unspecified atom stereocenters. The molecule has 1 amide bonds. The molecule has 180 valence electrons. The number of aryl methyl sites for hydroxylation is 1. The van der Waals surface area contributed by atoms with Gasteiger partial charge in [0.25, 0.3) is 5.91 Å². The van der Waals surface area contributed by atoms with Crippen molar-refractivity contribution in [1.29, 1.82) is 5.26 Å². The number of rotatable bonds is 6. The first-order valence-electron chi connectivity index (χ1n) is 11.0. The number of nitrogens with zero attached hydrogens (tertiary/aromatic N) is 4. The van der Waals surface area contributed by atoms with Crippen molar-refractivity contribution < 1.29 is 4.79 Å². The summed E-state index contributed by atoms with van der Waals surface area (Å²) < 4.78 is 1.88. The molecule has 0 aliphatic heterocycles. The Labute approximate surface area is 219 Å². The maximum atomic E-state index is 13.1. The van der Waals surface area contributed by atoms with Crippen LogP contribution >= 0.6 is 23.2 Å². The van der Waals surface area contributed by atoms with E-state index in [1.807, 2.05) is 54.1 Å². The van der Waals surface area contributed by atoms with Gasteiger partial charge < -0.3 is 9.88 Å². The van der Waals surface area contributed by atoms with Crippen molar-refractivity contribution in [3.05, 3.63) is 118 Å². The first-order chi connectivity index (χ1) is 17.4. The molecule has 0 saturated carbocycles. The minimum absolute atomic E-state index is 0.224. The molecule has 0 radical (unpaired) electrons. The number of hydrogen-bond donors (Lipinski definition) is 2. The highest BCUT2D eigenvalue weighted by molar-refractivity contribution is 6.35. The average Bonchev–Trinajstić information content (AvgIpc) is 3.38. The Morgan fingerprint density at radius 1 is 1.14 bits per heavy atom. The van der Waals surface area contributed by atoms with Crippen molar-refractivity contribution in [3.8, 4) is 6.07 Å². The Balaban J connectivity index is 1.73. The standard InChI is InChI=1S/C27H22Cl2N6O/c1-18-5-8-22(9-6-18)32-27(34-26(36)20-4-2-3-19(13-20)15-30)33-25(16-35-12-11-31-17-35)23-10-7-21(28)14-24(23)29/h2-14,17,25H,16H2,1H3,(H2,32,33,34,36)/t25-/m1/s1. The average molecular weight is 517 g/mol. The molecule has 0 spiro atoms. The number of halogens is 2. The van der Waals surface area contributed by atoms with Gasteiger partial charge in [0.2, 0.25) is 5.96 Å². The lowest BCUT2D eigenvalue weighted by atomic mass is 10.1. The van der Waals surface area contributed by atoms with Crippen LogP contribution in [0.25, 0.3) is 0 Å². The molecule has 1 atom stereocenters. The largest absolute Gasteiger partial charge is 0.335 e. The molecule has 0 aliphatic rings. The number of anilines is 1. The van der Waals surface area contributed by atoms with Crippen LogP contribution in [0.15, 0.2) is 90.4 Å². The topological polar surface area (TPSA) is 95.1 Å². The van der Waals surface area contributed by atoms with E-state index in [9.17, 15) is 10.1 Å². The molecular formula is C27H22Cl2N6O. The number of carbonyl (C=O) groups is 1. The number of nitriles is 1. The first-order valence-corrected chi connectivity index (χ1v) is 11.8. The number of benzene rings is 3. The van der Waals surface area contributed by atoms with E-state index in [1.54, 1.807) is 42.9 Å². The van der Waals surface area contributed by atoms with Gasteiger partial charge in [-0.25, -0.2) is 9.98 Å². The molecule has 0 bridgehead atoms. The van der Waals surface area contributed by atoms with Crippen LogP contribution < -0.4 is 10.6 Å². The van der Waals surface area contributed by atoms with Crippen LogP contribution in [0.2, 0.25) is 10.0 Å². The number of amides is 1. The summed E-state index contributed by atoms with van der Waals surface area (Å²) in [6.07, 6.45) is 5.19. The van der Waals surface area contributed by atoms with Gasteiger partial charge in [0.1, 0.15) is 0 Å². The Bertz CT molecular complexity index is 1430. The molecule has 1 aromatic heterocycles. The molecule has 4 rings (SSSR count). The highest BCUT2D eigenvalue weighted by atomic mass is 35.5. The lowest BCUT2D eigenvalue weighted by Gasteiger charge is -2.19. The SMILES string of the molecule is Cc1ccc(NC(=N[C@H](Cn2ccnc2)c2ccc(Cl)cc2Cl)NC(=O)c2cccc(C#N)c2)cc1. The second-order valence-electron chi connectivity index (χ2n) is 8.06. The summed E-state index contributed by atoms with van der Waals surface area (Å²) in [6.45, 7) is 2.41. The van der Waals surface area contributed by atoms with Crippen molar-refractivity contribution in [2.45, 2.75) is 19.5 Å². The molecule has 3 aromatic carbocycles. The third-order valence-electron chi connectivity index (χ3n) is 5.35. The zero-order valence-corrected chi connectivity index (χ0v) is 20.8. The maximum Gasteiger partial charge on any atom is 0.258 e. The first kappa shape index (κ1) is 25.0. The number of carbonyl (C=O) groups excluding carboxylic acids is 1. The third kappa shape index (κ3) is 6.51. The lowest BCUT2D eigenvalue weighted by molar-refractivity contribution is 0.0976. The molecule has 1 heterocycles.